The predicted molar refractivity (Wildman–Crippen MR) is 85.2 cm³/mol. The van der Waals surface area contributed by atoms with Crippen LogP contribution >= 0.6 is 15.9 Å². The van der Waals surface area contributed by atoms with Crippen molar-refractivity contribution in [3.63, 3.8) is 0 Å². The molecule has 0 unspecified atom stereocenters. The van der Waals surface area contributed by atoms with Crippen molar-refractivity contribution in [2.45, 2.75) is 11.8 Å². The second kappa shape index (κ2) is 7.85. The molecule has 0 spiro atoms. The van der Waals surface area contributed by atoms with Crippen LogP contribution in [0.4, 0.5) is 16.4 Å². The molecule has 0 atom stereocenters. The Balaban J connectivity index is 2.17. The third-order valence-electron chi connectivity index (χ3n) is 2.34. The van der Waals surface area contributed by atoms with Crippen LogP contribution in [0.25, 0.3) is 0 Å². The van der Waals surface area contributed by atoms with Gasteiger partial charge in [-0.1, -0.05) is 23.1 Å². The van der Waals surface area contributed by atoms with Crippen molar-refractivity contribution >= 4 is 44.3 Å². The lowest BCUT2D eigenvalue weighted by atomic mass is 10.3. The first-order valence-electron chi connectivity index (χ1n) is 6.23. The Labute approximate surface area is 137 Å². The van der Waals surface area contributed by atoms with Gasteiger partial charge in [0.2, 0.25) is 5.95 Å². The van der Waals surface area contributed by atoms with Crippen molar-refractivity contribution in [2.24, 2.45) is 4.36 Å². The largest absolute Gasteiger partial charge is 0.450 e. The van der Waals surface area contributed by atoms with Crippen LogP contribution in [0.5, 0.6) is 0 Å². The number of halogens is 1. The lowest BCUT2D eigenvalue weighted by molar-refractivity contribution is 0.164. The minimum atomic E-state index is -1.82. The summed E-state index contributed by atoms with van der Waals surface area (Å²) in [4.78, 5) is 19.7. The van der Waals surface area contributed by atoms with E-state index < -0.39 is 16.7 Å². The molecule has 1 amide bonds. The fraction of sp³-hybridized carbons (Fsp3) is 0.154. The van der Waals surface area contributed by atoms with Crippen LogP contribution in [-0.2, 0) is 19.5 Å². The molecule has 0 radical (unpaired) electrons. The average Bonchev–Trinajstić information content (AvgIpc) is 2.50. The summed E-state index contributed by atoms with van der Waals surface area (Å²) in [5.41, 5.74) is 0.632. The van der Waals surface area contributed by atoms with Crippen molar-refractivity contribution in [3.8, 4) is 0 Å². The zero-order valence-electron chi connectivity index (χ0n) is 11.5. The molecular formula is C13H12BrN4O3S-. The Morgan fingerprint density at radius 2 is 2.14 bits per heavy atom. The number of carbonyl (C=O) groups is 1. The second-order valence-corrected chi connectivity index (χ2v) is 5.99. The first kappa shape index (κ1) is 16.4. The van der Waals surface area contributed by atoms with E-state index in [4.69, 9.17) is 0 Å². The van der Waals surface area contributed by atoms with Gasteiger partial charge in [-0.2, -0.15) is 0 Å². The van der Waals surface area contributed by atoms with E-state index >= 15 is 0 Å². The number of ether oxygens (including phenoxy) is 1. The van der Waals surface area contributed by atoms with E-state index in [9.17, 15) is 9.00 Å². The topological polar surface area (TPSA) is 93.5 Å². The number of rotatable bonds is 4. The van der Waals surface area contributed by atoms with Crippen LogP contribution in [0.3, 0.4) is 0 Å². The summed E-state index contributed by atoms with van der Waals surface area (Å²) in [6.45, 7) is 1.83. The predicted octanol–water partition coefficient (Wildman–Crippen LogP) is 3.65. The summed E-state index contributed by atoms with van der Waals surface area (Å²) in [5, 5.41) is 2.97. The van der Waals surface area contributed by atoms with Crippen molar-refractivity contribution < 1.29 is 13.7 Å². The zero-order valence-corrected chi connectivity index (χ0v) is 13.9. The molecule has 0 aliphatic carbocycles. The van der Waals surface area contributed by atoms with Gasteiger partial charge in [0, 0.05) is 18.1 Å². The van der Waals surface area contributed by atoms with E-state index in [0.717, 1.165) is 4.47 Å². The van der Waals surface area contributed by atoms with Crippen LogP contribution in [0, 0.1) is 0 Å². The molecule has 1 aromatic carbocycles. The van der Waals surface area contributed by atoms with Crippen LogP contribution in [-0.4, -0.2) is 22.7 Å². The van der Waals surface area contributed by atoms with E-state index in [0.29, 0.717) is 16.5 Å². The summed E-state index contributed by atoms with van der Waals surface area (Å²) < 4.78 is 20.8. The summed E-state index contributed by atoms with van der Waals surface area (Å²) in [7, 11) is -1.82. The van der Waals surface area contributed by atoms with Gasteiger partial charge in [0.15, 0.2) is 0 Å². The van der Waals surface area contributed by atoms with Gasteiger partial charge in [-0.05, 0) is 28.9 Å². The Kier molecular flexibility index (Phi) is 5.84. The molecule has 1 N–H and O–H groups in total. The molecule has 116 valence electrons. The van der Waals surface area contributed by atoms with E-state index in [1.165, 1.54) is 0 Å². The van der Waals surface area contributed by atoms with Crippen LogP contribution in [0.15, 0.2) is 50.4 Å². The summed E-state index contributed by atoms with van der Waals surface area (Å²) in [6.07, 6.45) is 2.36. The van der Waals surface area contributed by atoms with Gasteiger partial charge in [0.25, 0.3) is 0 Å². The molecule has 22 heavy (non-hydrogen) atoms. The summed E-state index contributed by atoms with van der Waals surface area (Å²) >= 11 is 3.25. The molecule has 2 rings (SSSR count). The Morgan fingerprint density at radius 1 is 1.41 bits per heavy atom. The molecule has 0 saturated heterocycles. The van der Waals surface area contributed by atoms with Gasteiger partial charge in [0.1, 0.15) is 0 Å². The van der Waals surface area contributed by atoms with Crippen molar-refractivity contribution in [3.05, 3.63) is 41.1 Å². The molecule has 1 heterocycles. The normalized spacial score (nSPS) is 11.9. The highest BCUT2D eigenvalue weighted by Crippen LogP contribution is 2.17. The van der Waals surface area contributed by atoms with Crippen molar-refractivity contribution in [2.75, 3.05) is 11.9 Å². The molecule has 7 nitrogen and oxygen atoms in total. The molecule has 2 aromatic rings. The number of aromatic nitrogens is 2. The number of amides is 1. The van der Waals surface area contributed by atoms with Crippen molar-refractivity contribution in [1.82, 2.24) is 9.97 Å². The number of carbonyl (C=O) groups excluding carboxylic acids is 1. The van der Waals surface area contributed by atoms with Crippen LogP contribution in [0.2, 0.25) is 0 Å². The van der Waals surface area contributed by atoms with Gasteiger partial charge in [-0.15, -0.1) is 10.6 Å². The highest BCUT2D eigenvalue weighted by molar-refractivity contribution is 9.10. The fourth-order valence-corrected chi connectivity index (χ4v) is 2.38. The molecule has 0 bridgehead atoms. The van der Waals surface area contributed by atoms with Crippen LogP contribution < -0.4 is 5.32 Å². The molecule has 1 aromatic heterocycles. The van der Waals surface area contributed by atoms with E-state index in [1.807, 2.05) is 0 Å². The number of hydrogen-bond donors (Lipinski definition) is 1. The Bertz CT molecular complexity index is 745. The maximum Gasteiger partial charge on any atom is 0.410 e. The fourth-order valence-electron chi connectivity index (χ4n) is 1.46. The summed E-state index contributed by atoms with van der Waals surface area (Å²) in [6, 6.07) is 6.66. The second-order valence-electron chi connectivity index (χ2n) is 3.92. The number of benzene rings is 1. The quantitative estimate of drug-likeness (QED) is 0.809. The number of nitrogens with zero attached hydrogens (tertiary/aromatic N) is 3. The summed E-state index contributed by atoms with van der Waals surface area (Å²) in [5.74, 6) is 0.397. The standard InChI is InChI=1S/C13H12BrN4O3S/c1-2-21-13(19)18-22(20)11-5-3-4-10(6-11)17-12-15-7-9(14)8-16-12/h3-8H,2H2,1H3,(H,15,16,17)/q-1. The number of nitrogens with one attached hydrogen (secondary N) is 1. The lowest BCUT2D eigenvalue weighted by Crippen LogP contribution is -1.99. The minimum Gasteiger partial charge on any atom is -0.450 e. The van der Waals surface area contributed by atoms with Gasteiger partial charge in [-0.3, -0.25) is 4.36 Å². The van der Waals surface area contributed by atoms with Gasteiger partial charge in [0.05, 0.1) is 11.1 Å². The highest BCUT2D eigenvalue weighted by atomic mass is 79.9. The lowest BCUT2D eigenvalue weighted by Gasteiger charge is -2.09. The monoisotopic (exact) mass is 383 g/mol. The molecule has 0 fully saturated rings. The highest BCUT2D eigenvalue weighted by Gasteiger charge is 1.98. The van der Waals surface area contributed by atoms with E-state index in [1.54, 1.807) is 43.6 Å². The SMILES string of the molecule is CCOC(=O)N=[S-](=O)c1cccc(Nc2ncc(Br)cn2)c1. The molecular weight excluding hydrogens is 372 g/mol. The smallest absolute Gasteiger partial charge is 0.410 e. The van der Waals surface area contributed by atoms with Gasteiger partial charge < -0.3 is 14.3 Å². The number of hydrogen-bond acceptors (Lipinski definition) is 7. The molecule has 0 aliphatic heterocycles. The third kappa shape index (κ3) is 4.78. The Morgan fingerprint density at radius 3 is 2.82 bits per heavy atom. The molecule has 0 saturated carbocycles. The van der Waals surface area contributed by atoms with E-state index in [2.05, 4.69) is 40.3 Å². The molecule has 0 aliphatic rings. The number of anilines is 2. The molecule has 9 heteroatoms. The maximum absolute atomic E-state index is 12.0. The van der Waals surface area contributed by atoms with E-state index in [-0.39, 0.29) is 6.61 Å². The average molecular weight is 384 g/mol. The minimum absolute atomic E-state index is 0.183. The Hall–Kier alpha value is -2.00. The third-order valence-corrected chi connectivity index (χ3v) is 3.72. The first-order chi connectivity index (χ1) is 10.6. The zero-order chi connectivity index (χ0) is 15.9. The maximum atomic E-state index is 12.0. The van der Waals surface area contributed by atoms with Crippen LogP contribution in [0.1, 0.15) is 6.92 Å². The first-order valence-corrected chi connectivity index (χ1v) is 8.13. The van der Waals surface area contributed by atoms with Gasteiger partial charge in [-0.25, -0.2) is 14.8 Å². The van der Waals surface area contributed by atoms with Crippen molar-refractivity contribution in [1.29, 1.82) is 0 Å². The van der Waals surface area contributed by atoms with Gasteiger partial charge >= 0.3 is 6.09 Å².